The standard InChI is InChI=1S/C21H24N4O3/c1-15(26)22-17-5-4-6-18(13-17)24-21(28)14-20(27)23-16-7-9-19(10-8-16)25-11-2-3-12-25/h4-10,13H,2-3,11-12,14H2,1H3,(H,22,26)(H,23,27)(H,24,28). The molecule has 0 unspecified atom stereocenters. The number of rotatable bonds is 6. The van der Waals surface area contributed by atoms with Crippen LogP contribution in [0.4, 0.5) is 22.7 Å². The third-order valence-corrected chi connectivity index (χ3v) is 4.41. The second-order valence-corrected chi connectivity index (χ2v) is 6.78. The first kappa shape index (κ1) is 19.4. The van der Waals surface area contributed by atoms with Crippen LogP contribution in [-0.2, 0) is 14.4 Å². The van der Waals surface area contributed by atoms with E-state index in [1.807, 2.05) is 24.3 Å². The van der Waals surface area contributed by atoms with Gasteiger partial charge in [-0.3, -0.25) is 14.4 Å². The van der Waals surface area contributed by atoms with E-state index in [0.29, 0.717) is 17.1 Å². The molecule has 3 rings (SSSR count). The van der Waals surface area contributed by atoms with Crippen molar-refractivity contribution in [2.75, 3.05) is 33.9 Å². The van der Waals surface area contributed by atoms with Gasteiger partial charge in [0, 0.05) is 42.8 Å². The van der Waals surface area contributed by atoms with Gasteiger partial charge in [0.15, 0.2) is 0 Å². The minimum absolute atomic E-state index is 0.196. The van der Waals surface area contributed by atoms with Gasteiger partial charge in [-0.2, -0.15) is 0 Å². The number of nitrogens with one attached hydrogen (secondary N) is 3. The molecule has 1 fully saturated rings. The van der Waals surface area contributed by atoms with E-state index in [9.17, 15) is 14.4 Å². The van der Waals surface area contributed by atoms with E-state index in [0.717, 1.165) is 18.8 Å². The maximum Gasteiger partial charge on any atom is 0.233 e. The molecule has 0 spiro atoms. The molecule has 7 heteroatoms. The van der Waals surface area contributed by atoms with Gasteiger partial charge < -0.3 is 20.9 Å². The van der Waals surface area contributed by atoms with Gasteiger partial charge in [-0.25, -0.2) is 0 Å². The van der Waals surface area contributed by atoms with E-state index in [1.165, 1.54) is 19.8 Å². The maximum absolute atomic E-state index is 12.1. The molecule has 0 saturated carbocycles. The molecule has 28 heavy (non-hydrogen) atoms. The zero-order chi connectivity index (χ0) is 19.9. The minimum Gasteiger partial charge on any atom is -0.372 e. The highest BCUT2D eigenvalue weighted by molar-refractivity contribution is 6.08. The molecule has 2 aromatic rings. The van der Waals surface area contributed by atoms with Crippen LogP contribution in [0.2, 0.25) is 0 Å². The number of carbonyl (C=O) groups is 3. The van der Waals surface area contributed by atoms with Crippen LogP contribution in [-0.4, -0.2) is 30.8 Å². The molecule has 146 valence electrons. The Hall–Kier alpha value is -3.35. The third kappa shape index (κ3) is 5.57. The van der Waals surface area contributed by atoms with Crippen molar-refractivity contribution in [1.82, 2.24) is 0 Å². The summed E-state index contributed by atoms with van der Waals surface area (Å²) in [6.07, 6.45) is 2.13. The second-order valence-electron chi connectivity index (χ2n) is 6.78. The van der Waals surface area contributed by atoms with Crippen LogP contribution in [0.25, 0.3) is 0 Å². The van der Waals surface area contributed by atoms with Crippen molar-refractivity contribution in [3.05, 3.63) is 48.5 Å². The number of amides is 3. The van der Waals surface area contributed by atoms with E-state index in [-0.39, 0.29) is 18.2 Å². The molecule has 2 aromatic carbocycles. The summed E-state index contributed by atoms with van der Waals surface area (Å²) in [6, 6.07) is 14.4. The molecule has 3 N–H and O–H groups in total. The fraction of sp³-hybridized carbons (Fsp3) is 0.286. The van der Waals surface area contributed by atoms with Crippen LogP contribution in [0.15, 0.2) is 48.5 Å². The Bertz CT molecular complexity index is 858. The molecule has 1 aliphatic heterocycles. The smallest absolute Gasteiger partial charge is 0.233 e. The summed E-state index contributed by atoms with van der Waals surface area (Å²) in [4.78, 5) is 37.7. The Balaban J connectivity index is 1.50. The first-order valence-electron chi connectivity index (χ1n) is 9.32. The lowest BCUT2D eigenvalue weighted by atomic mass is 10.2. The average Bonchev–Trinajstić information content (AvgIpc) is 3.16. The van der Waals surface area contributed by atoms with Gasteiger partial charge in [0.25, 0.3) is 0 Å². The Morgan fingerprint density at radius 2 is 1.39 bits per heavy atom. The molecule has 1 aliphatic rings. The number of benzene rings is 2. The van der Waals surface area contributed by atoms with E-state index >= 15 is 0 Å². The number of nitrogens with zero attached hydrogens (tertiary/aromatic N) is 1. The van der Waals surface area contributed by atoms with Crippen LogP contribution >= 0.6 is 0 Å². The molecular weight excluding hydrogens is 356 g/mol. The van der Waals surface area contributed by atoms with Crippen LogP contribution in [0, 0.1) is 0 Å². The number of hydrogen-bond donors (Lipinski definition) is 3. The first-order valence-corrected chi connectivity index (χ1v) is 9.32. The van der Waals surface area contributed by atoms with E-state index in [2.05, 4.69) is 20.9 Å². The molecule has 0 bridgehead atoms. The maximum atomic E-state index is 12.1. The zero-order valence-corrected chi connectivity index (χ0v) is 15.8. The summed E-state index contributed by atoms with van der Waals surface area (Å²) >= 11 is 0. The minimum atomic E-state index is -0.425. The molecule has 1 heterocycles. The second kappa shape index (κ2) is 9.03. The topological polar surface area (TPSA) is 90.5 Å². The van der Waals surface area contributed by atoms with Crippen molar-refractivity contribution < 1.29 is 14.4 Å². The SMILES string of the molecule is CC(=O)Nc1cccc(NC(=O)CC(=O)Nc2ccc(N3CCCC3)cc2)c1. The van der Waals surface area contributed by atoms with Crippen LogP contribution in [0.5, 0.6) is 0 Å². The quantitative estimate of drug-likeness (QED) is 0.671. The molecule has 7 nitrogen and oxygen atoms in total. The van der Waals surface area contributed by atoms with Gasteiger partial charge in [-0.1, -0.05) is 6.07 Å². The summed E-state index contributed by atoms with van der Waals surface area (Å²) < 4.78 is 0. The summed E-state index contributed by atoms with van der Waals surface area (Å²) in [5.41, 5.74) is 2.90. The van der Waals surface area contributed by atoms with E-state index in [1.54, 1.807) is 24.3 Å². The zero-order valence-electron chi connectivity index (χ0n) is 15.8. The summed E-state index contributed by atoms with van der Waals surface area (Å²) in [5, 5.41) is 8.04. The summed E-state index contributed by atoms with van der Waals surface area (Å²) in [7, 11) is 0. The van der Waals surface area contributed by atoms with Crippen molar-refractivity contribution in [2.45, 2.75) is 26.2 Å². The van der Waals surface area contributed by atoms with Crippen LogP contribution in [0.3, 0.4) is 0 Å². The molecular formula is C21H24N4O3. The van der Waals surface area contributed by atoms with Gasteiger partial charge in [0.05, 0.1) is 0 Å². The Labute approximate surface area is 164 Å². The molecule has 0 aliphatic carbocycles. The van der Waals surface area contributed by atoms with Crippen LogP contribution in [0.1, 0.15) is 26.2 Å². The highest BCUT2D eigenvalue weighted by Crippen LogP contribution is 2.22. The van der Waals surface area contributed by atoms with Crippen molar-refractivity contribution in [3.8, 4) is 0 Å². The molecule has 0 radical (unpaired) electrons. The largest absolute Gasteiger partial charge is 0.372 e. The number of anilines is 4. The van der Waals surface area contributed by atoms with Gasteiger partial charge in [0.2, 0.25) is 17.7 Å². The van der Waals surface area contributed by atoms with E-state index in [4.69, 9.17) is 0 Å². The lowest BCUT2D eigenvalue weighted by Gasteiger charge is -2.17. The Kier molecular flexibility index (Phi) is 6.26. The molecule has 1 saturated heterocycles. The van der Waals surface area contributed by atoms with E-state index < -0.39 is 5.91 Å². The summed E-state index contributed by atoms with van der Waals surface area (Å²) in [5.74, 6) is -1.01. The van der Waals surface area contributed by atoms with Gasteiger partial charge in [-0.15, -0.1) is 0 Å². The lowest BCUT2D eigenvalue weighted by molar-refractivity contribution is -0.123. The van der Waals surface area contributed by atoms with Crippen molar-refractivity contribution in [1.29, 1.82) is 0 Å². The number of carbonyl (C=O) groups excluding carboxylic acids is 3. The lowest BCUT2D eigenvalue weighted by Crippen LogP contribution is -2.21. The van der Waals surface area contributed by atoms with Crippen molar-refractivity contribution >= 4 is 40.5 Å². The Morgan fingerprint density at radius 1 is 0.821 bits per heavy atom. The number of hydrogen-bond acceptors (Lipinski definition) is 4. The average molecular weight is 380 g/mol. The monoisotopic (exact) mass is 380 g/mol. The predicted octanol–water partition coefficient (Wildman–Crippen LogP) is 3.21. The highest BCUT2D eigenvalue weighted by atomic mass is 16.2. The Morgan fingerprint density at radius 3 is 2.00 bits per heavy atom. The fourth-order valence-corrected chi connectivity index (χ4v) is 3.17. The van der Waals surface area contributed by atoms with Gasteiger partial charge in [0.1, 0.15) is 6.42 Å². The fourth-order valence-electron chi connectivity index (χ4n) is 3.17. The van der Waals surface area contributed by atoms with Crippen LogP contribution < -0.4 is 20.9 Å². The highest BCUT2D eigenvalue weighted by Gasteiger charge is 2.13. The van der Waals surface area contributed by atoms with Crippen molar-refractivity contribution in [3.63, 3.8) is 0 Å². The normalized spacial score (nSPS) is 13.1. The third-order valence-electron chi connectivity index (χ3n) is 4.41. The van der Waals surface area contributed by atoms with Gasteiger partial charge >= 0.3 is 0 Å². The molecule has 0 atom stereocenters. The summed E-state index contributed by atoms with van der Waals surface area (Å²) in [6.45, 7) is 3.54. The first-order chi connectivity index (χ1) is 13.5. The van der Waals surface area contributed by atoms with Crippen molar-refractivity contribution in [2.24, 2.45) is 0 Å². The molecule has 3 amide bonds. The van der Waals surface area contributed by atoms with Gasteiger partial charge in [-0.05, 0) is 55.3 Å². The predicted molar refractivity (Wildman–Crippen MR) is 111 cm³/mol. The molecule has 0 aromatic heterocycles.